The molecule has 0 bridgehead atoms. The number of hydrogen-bond acceptors (Lipinski definition) is 2. The summed E-state index contributed by atoms with van der Waals surface area (Å²) in [6.07, 6.45) is 1.42. The maximum Gasteiger partial charge on any atom is 0.0701 e. The third-order valence-electron chi connectivity index (χ3n) is 2.63. The molecule has 2 unspecified atom stereocenters. The fourth-order valence-electron chi connectivity index (χ4n) is 1.52. The number of nitrogens with one attached hydrogen (secondary N) is 1. The van der Waals surface area contributed by atoms with Gasteiger partial charge in [0.2, 0.25) is 0 Å². The van der Waals surface area contributed by atoms with Crippen LogP contribution in [0.2, 0.25) is 0 Å². The van der Waals surface area contributed by atoms with E-state index in [9.17, 15) is 0 Å². The minimum Gasteiger partial charge on any atom is -0.312 e. The summed E-state index contributed by atoms with van der Waals surface area (Å²) < 4.78 is 1.23. The highest BCUT2D eigenvalue weighted by atomic mass is 79.9. The molecule has 1 N–H and O–H groups in total. The monoisotopic (exact) mass is 259 g/mol. The van der Waals surface area contributed by atoms with Crippen molar-refractivity contribution in [1.82, 2.24) is 5.32 Å². The van der Waals surface area contributed by atoms with Crippen LogP contribution in [0, 0.1) is 11.8 Å². The molecule has 1 aliphatic carbocycles. The molecule has 1 nitrogen and oxygen atoms in total. The van der Waals surface area contributed by atoms with E-state index in [-0.39, 0.29) is 0 Å². The quantitative estimate of drug-likeness (QED) is 0.876. The lowest BCUT2D eigenvalue weighted by Crippen LogP contribution is -2.16. The van der Waals surface area contributed by atoms with E-state index >= 15 is 0 Å². The molecule has 1 heterocycles. The van der Waals surface area contributed by atoms with Crippen molar-refractivity contribution in [1.29, 1.82) is 0 Å². The Morgan fingerprint density at radius 1 is 1.69 bits per heavy atom. The van der Waals surface area contributed by atoms with Gasteiger partial charge in [-0.3, -0.25) is 0 Å². The molecule has 3 heteroatoms. The molecule has 2 rings (SSSR count). The number of thiophene rings is 1. The van der Waals surface area contributed by atoms with Crippen LogP contribution >= 0.6 is 27.3 Å². The molecular weight excluding hydrogens is 246 g/mol. The Labute approximate surface area is 91.7 Å². The minimum atomic E-state index is 0.946. The third kappa shape index (κ3) is 2.79. The topological polar surface area (TPSA) is 12.0 Å². The lowest BCUT2D eigenvalue weighted by atomic mass is 10.3. The zero-order valence-corrected chi connectivity index (χ0v) is 10.1. The van der Waals surface area contributed by atoms with Gasteiger partial charge in [0, 0.05) is 6.54 Å². The Hall–Kier alpha value is 0.140. The van der Waals surface area contributed by atoms with Crippen LogP contribution in [0.1, 0.15) is 18.9 Å². The van der Waals surface area contributed by atoms with Gasteiger partial charge in [-0.05, 0) is 57.7 Å². The van der Waals surface area contributed by atoms with Crippen LogP contribution in [0.4, 0.5) is 0 Å². The second kappa shape index (κ2) is 4.11. The van der Waals surface area contributed by atoms with Crippen molar-refractivity contribution in [2.45, 2.75) is 19.9 Å². The summed E-state index contributed by atoms with van der Waals surface area (Å²) >= 11 is 5.22. The first-order valence-electron chi connectivity index (χ1n) is 4.69. The van der Waals surface area contributed by atoms with E-state index in [0.717, 1.165) is 18.4 Å². The SMILES string of the molecule is CC1CC1CNCc1csc(Br)c1. The second-order valence-electron chi connectivity index (χ2n) is 3.86. The van der Waals surface area contributed by atoms with Crippen molar-refractivity contribution in [2.75, 3.05) is 6.54 Å². The van der Waals surface area contributed by atoms with Gasteiger partial charge in [0.15, 0.2) is 0 Å². The van der Waals surface area contributed by atoms with E-state index in [4.69, 9.17) is 0 Å². The fourth-order valence-corrected chi connectivity index (χ4v) is 2.73. The Balaban J connectivity index is 1.68. The van der Waals surface area contributed by atoms with Gasteiger partial charge in [0.1, 0.15) is 0 Å². The average molecular weight is 260 g/mol. The first-order valence-corrected chi connectivity index (χ1v) is 6.36. The largest absolute Gasteiger partial charge is 0.312 e. The van der Waals surface area contributed by atoms with Crippen molar-refractivity contribution in [3.05, 3.63) is 20.8 Å². The van der Waals surface area contributed by atoms with E-state index in [0.29, 0.717) is 0 Å². The van der Waals surface area contributed by atoms with Crippen LogP contribution in [0.25, 0.3) is 0 Å². The van der Waals surface area contributed by atoms with Gasteiger partial charge in [-0.15, -0.1) is 11.3 Å². The van der Waals surface area contributed by atoms with Gasteiger partial charge in [0.05, 0.1) is 3.79 Å². The maximum atomic E-state index is 3.49. The summed E-state index contributed by atoms with van der Waals surface area (Å²) in [7, 11) is 0. The van der Waals surface area contributed by atoms with Gasteiger partial charge in [-0.25, -0.2) is 0 Å². The highest BCUT2D eigenvalue weighted by Crippen LogP contribution is 2.36. The second-order valence-corrected chi connectivity index (χ2v) is 6.15. The highest BCUT2D eigenvalue weighted by Gasteiger charge is 2.31. The standard InChI is InChI=1S/C10H14BrNS/c1-7-2-9(7)5-12-4-8-3-10(11)13-6-8/h3,6-7,9,12H,2,4-5H2,1H3. The fraction of sp³-hybridized carbons (Fsp3) is 0.600. The van der Waals surface area contributed by atoms with Crippen molar-refractivity contribution in [2.24, 2.45) is 11.8 Å². The van der Waals surface area contributed by atoms with Crippen LogP contribution in [0.5, 0.6) is 0 Å². The zero-order chi connectivity index (χ0) is 9.26. The molecule has 0 amide bonds. The molecule has 2 atom stereocenters. The first kappa shape index (κ1) is 9.69. The molecule has 1 aromatic rings. The molecule has 13 heavy (non-hydrogen) atoms. The van der Waals surface area contributed by atoms with E-state index < -0.39 is 0 Å². The summed E-state index contributed by atoms with van der Waals surface area (Å²) in [6.45, 7) is 4.54. The van der Waals surface area contributed by atoms with Crippen molar-refractivity contribution < 1.29 is 0 Å². The average Bonchev–Trinajstić information content (AvgIpc) is 2.60. The van der Waals surface area contributed by atoms with E-state index in [2.05, 4.69) is 39.6 Å². The Kier molecular flexibility index (Phi) is 3.06. The Morgan fingerprint density at radius 2 is 2.46 bits per heavy atom. The van der Waals surface area contributed by atoms with Gasteiger partial charge >= 0.3 is 0 Å². The molecule has 1 saturated carbocycles. The van der Waals surface area contributed by atoms with E-state index in [1.54, 1.807) is 11.3 Å². The normalized spacial score (nSPS) is 26.3. The molecule has 72 valence electrons. The molecule has 0 aromatic carbocycles. The number of halogens is 1. The molecule has 0 spiro atoms. The molecule has 1 fully saturated rings. The molecule has 0 saturated heterocycles. The summed E-state index contributed by atoms with van der Waals surface area (Å²) in [5.74, 6) is 1.91. The van der Waals surface area contributed by atoms with E-state index in [1.165, 1.54) is 22.3 Å². The minimum absolute atomic E-state index is 0.946. The van der Waals surface area contributed by atoms with Crippen LogP contribution in [-0.2, 0) is 6.54 Å². The first-order chi connectivity index (χ1) is 6.25. The molecular formula is C10H14BrNS. The van der Waals surface area contributed by atoms with Crippen molar-refractivity contribution >= 4 is 27.3 Å². The van der Waals surface area contributed by atoms with Gasteiger partial charge in [0.25, 0.3) is 0 Å². The Morgan fingerprint density at radius 3 is 3.00 bits per heavy atom. The van der Waals surface area contributed by atoms with Crippen LogP contribution in [0.3, 0.4) is 0 Å². The summed E-state index contributed by atoms with van der Waals surface area (Å²) in [5, 5.41) is 5.69. The lowest BCUT2D eigenvalue weighted by Gasteiger charge is -2.00. The van der Waals surface area contributed by atoms with Crippen molar-refractivity contribution in [3.63, 3.8) is 0 Å². The predicted molar refractivity (Wildman–Crippen MR) is 61.0 cm³/mol. The molecule has 0 aliphatic heterocycles. The van der Waals surface area contributed by atoms with Crippen molar-refractivity contribution in [3.8, 4) is 0 Å². The van der Waals surface area contributed by atoms with Crippen LogP contribution < -0.4 is 5.32 Å². The zero-order valence-electron chi connectivity index (χ0n) is 7.72. The summed E-state index contributed by atoms with van der Waals surface area (Å²) in [5.41, 5.74) is 1.39. The Bertz CT molecular complexity index is 284. The summed E-state index contributed by atoms with van der Waals surface area (Å²) in [4.78, 5) is 0. The van der Waals surface area contributed by atoms with Crippen LogP contribution in [0.15, 0.2) is 15.2 Å². The molecule has 1 aromatic heterocycles. The molecule has 1 aliphatic rings. The van der Waals surface area contributed by atoms with Crippen LogP contribution in [-0.4, -0.2) is 6.54 Å². The third-order valence-corrected chi connectivity index (χ3v) is 4.19. The number of hydrogen-bond donors (Lipinski definition) is 1. The van der Waals surface area contributed by atoms with Gasteiger partial charge < -0.3 is 5.32 Å². The maximum absolute atomic E-state index is 3.49. The highest BCUT2D eigenvalue weighted by molar-refractivity contribution is 9.11. The molecule has 0 radical (unpaired) electrons. The van der Waals surface area contributed by atoms with E-state index in [1.807, 2.05) is 0 Å². The number of rotatable bonds is 4. The van der Waals surface area contributed by atoms with Gasteiger partial charge in [-0.2, -0.15) is 0 Å². The summed E-state index contributed by atoms with van der Waals surface area (Å²) in [6, 6.07) is 2.19. The smallest absolute Gasteiger partial charge is 0.0701 e. The predicted octanol–water partition coefficient (Wildman–Crippen LogP) is 3.26. The lowest BCUT2D eigenvalue weighted by molar-refractivity contribution is 0.612. The van der Waals surface area contributed by atoms with Gasteiger partial charge in [-0.1, -0.05) is 6.92 Å².